The molecule has 2 aromatic rings. The molecular weight excluding hydrogens is 290 g/mol. The van der Waals surface area contributed by atoms with Crippen LogP contribution in [0.2, 0.25) is 0 Å². The van der Waals surface area contributed by atoms with Crippen molar-refractivity contribution in [2.45, 2.75) is 0 Å². The Labute approximate surface area is 136 Å². The zero-order valence-electron chi connectivity index (χ0n) is 13.3. The maximum atomic E-state index is 9.14. The lowest BCUT2D eigenvalue weighted by molar-refractivity contribution is 0.188. The van der Waals surface area contributed by atoms with Gasteiger partial charge in [-0.15, -0.1) is 0 Å². The molecule has 1 saturated heterocycles. The number of hydrogen-bond acceptors (Lipinski definition) is 6. The molecule has 1 aromatic carbocycles. The minimum Gasteiger partial charge on any atom is -0.395 e. The molecule has 2 N–H and O–H groups in total. The van der Waals surface area contributed by atoms with Crippen molar-refractivity contribution in [1.82, 2.24) is 9.88 Å². The van der Waals surface area contributed by atoms with Gasteiger partial charge in [0.25, 0.3) is 0 Å². The summed E-state index contributed by atoms with van der Waals surface area (Å²) in [5.41, 5.74) is 1.58. The fraction of sp³-hybridized carbons (Fsp3) is 0.412. The Hall–Kier alpha value is -2.36. The van der Waals surface area contributed by atoms with Gasteiger partial charge in [-0.3, -0.25) is 4.90 Å². The summed E-state index contributed by atoms with van der Waals surface area (Å²) in [6, 6.07) is 7.93. The van der Waals surface area contributed by atoms with Crippen LogP contribution in [-0.4, -0.2) is 61.4 Å². The normalized spacial score (nSPS) is 15.6. The van der Waals surface area contributed by atoms with Gasteiger partial charge in [0.2, 0.25) is 0 Å². The first-order chi connectivity index (χ1) is 11.3. The van der Waals surface area contributed by atoms with E-state index in [1.54, 1.807) is 0 Å². The standard InChI is InChI=1S/C17H21N5O/c1-19-16-12-20-17(14-3-2-13(11-18)10-15(14)16)22-6-4-21(5-7-22)8-9-23/h2-3,10,12,19,23H,4-9H2,1H3. The van der Waals surface area contributed by atoms with E-state index in [2.05, 4.69) is 26.2 Å². The van der Waals surface area contributed by atoms with Gasteiger partial charge in [0, 0.05) is 50.5 Å². The molecule has 1 aliphatic rings. The summed E-state index contributed by atoms with van der Waals surface area (Å²) in [5.74, 6) is 0.965. The molecule has 0 spiro atoms. The molecule has 6 heteroatoms. The van der Waals surface area contributed by atoms with Gasteiger partial charge < -0.3 is 15.3 Å². The highest BCUT2D eigenvalue weighted by Crippen LogP contribution is 2.31. The smallest absolute Gasteiger partial charge is 0.136 e. The summed E-state index contributed by atoms with van der Waals surface area (Å²) < 4.78 is 0. The van der Waals surface area contributed by atoms with Gasteiger partial charge in [-0.05, 0) is 18.2 Å². The second kappa shape index (κ2) is 6.82. The molecule has 0 bridgehead atoms. The Bertz CT molecular complexity index is 732. The number of piperazine rings is 1. The Morgan fingerprint density at radius 2 is 2.04 bits per heavy atom. The predicted octanol–water partition coefficient (Wildman–Crippen LogP) is 1.26. The van der Waals surface area contributed by atoms with E-state index in [1.807, 2.05) is 31.4 Å². The van der Waals surface area contributed by atoms with Gasteiger partial charge in [0.05, 0.1) is 30.1 Å². The second-order valence-electron chi connectivity index (χ2n) is 5.67. The number of fused-ring (bicyclic) bond motifs is 1. The number of nitriles is 1. The average Bonchev–Trinajstić information content (AvgIpc) is 2.61. The molecule has 6 nitrogen and oxygen atoms in total. The highest BCUT2D eigenvalue weighted by molar-refractivity contribution is 6.00. The largest absolute Gasteiger partial charge is 0.395 e. The summed E-state index contributed by atoms with van der Waals surface area (Å²) in [7, 11) is 1.86. The van der Waals surface area contributed by atoms with Crippen LogP contribution in [0.4, 0.5) is 11.5 Å². The lowest BCUT2D eigenvalue weighted by atomic mass is 10.1. The third-order valence-electron chi connectivity index (χ3n) is 4.35. The predicted molar refractivity (Wildman–Crippen MR) is 91.7 cm³/mol. The minimum absolute atomic E-state index is 0.203. The number of pyridine rings is 1. The summed E-state index contributed by atoms with van der Waals surface area (Å²) in [5, 5.41) is 23.4. The number of hydrogen-bond donors (Lipinski definition) is 2. The van der Waals surface area contributed by atoms with E-state index < -0.39 is 0 Å². The quantitative estimate of drug-likeness (QED) is 0.885. The molecule has 2 heterocycles. The lowest BCUT2D eigenvalue weighted by Crippen LogP contribution is -2.47. The summed E-state index contributed by atoms with van der Waals surface area (Å²) >= 11 is 0. The van der Waals surface area contributed by atoms with Crippen LogP contribution in [0.1, 0.15) is 5.56 Å². The highest BCUT2D eigenvalue weighted by Gasteiger charge is 2.20. The van der Waals surface area contributed by atoms with Crippen LogP contribution in [0.25, 0.3) is 10.8 Å². The number of nitrogens with one attached hydrogen (secondary N) is 1. The fourth-order valence-electron chi connectivity index (χ4n) is 3.07. The Balaban J connectivity index is 1.95. The Morgan fingerprint density at radius 3 is 2.70 bits per heavy atom. The van der Waals surface area contributed by atoms with Crippen LogP contribution in [0.3, 0.4) is 0 Å². The second-order valence-corrected chi connectivity index (χ2v) is 5.67. The molecule has 120 valence electrons. The van der Waals surface area contributed by atoms with E-state index >= 15 is 0 Å². The monoisotopic (exact) mass is 311 g/mol. The Kier molecular flexibility index (Phi) is 4.60. The van der Waals surface area contributed by atoms with E-state index in [-0.39, 0.29) is 6.61 Å². The fourth-order valence-corrected chi connectivity index (χ4v) is 3.07. The first-order valence-corrected chi connectivity index (χ1v) is 7.85. The highest BCUT2D eigenvalue weighted by atomic mass is 16.3. The van der Waals surface area contributed by atoms with Crippen LogP contribution in [0.15, 0.2) is 24.4 Å². The minimum atomic E-state index is 0.203. The number of nitrogens with zero attached hydrogens (tertiary/aromatic N) is 4. The van der Waals surface area contributed by atoms with E-state index in [4.69, 9.17) is 10.4 Å². The number of rotatable bonds is 4. The first kappa shape index (κ1) is 15.5. The van der Waals surface area contributed by atoms with Crippen molar-refractivity contribution in [3.63, 3.8) is 0 Å². The van der Waals surface area contributed by atoms with Gasteiger partial charge >= 0.3 is 0 Å². The van der Waals surface area contributed by atoms with Gasteiger partial charge in [-0.2, -0.15) is 5.26 Å². The molecule has 0 saturated carbocycles. The van der Waals surface area contributed by atoms with Crippen molar-refractivity contribution < 1.29 is 5.11 Å². The number of β-amino-alcohol motifs (C(OH)–C–C–N with tert-alkyl or cyclic N) is 1. The molecule has 3 rings (SSSR count). The van der Waals surface area contributed by atoms with Gasteiger partial charge in [-0.25, -0.2) is 4.98 Å². The molecule has 23 heavy (non-hydrogen) atoms. The number of aromatic nitrogens is 1. The zero-order chi connectivity index (χ0) is 16.2. The van der Waals surface area contributed by atoms with Crippen molar-refractivity contribution in [3.05, 3.63) is 30.0 Å². The van der Waals surface area contributed by atoms with Crippen molar-refractivity contribution in [2.75, 3.05) is 56.6 Å². The van der Waals surface area contributed by atoms with Crippen LogP contribution in [0, 0.1) is 11.3 Å². The number of aliphatic hydroxyl groups excluding tert-OH is 1. The van der Waals surface area contributed by atoms with E-state index in [0.29, 0.717) is 5.56 Å². The molecule has 0 unspecified atom stereocenters. The molecule has 0 radical (unpaired) electrons. The maximum Gasteiger partial charge on any atom is 0.136 e. The lowest BCUT2D eigenvalue weighted by Gasteiger charge is -2.35. The van der Waals surface area contributed by atoms with Gasteiger partial charge in [0.1, 0.15) is 5.82 Å². The third kappa shape index (κ3) is 3.07. The summed E-state index contributed by atoms with van der Waals surface area (Å²) in [6.07, 6.45) is 1.83. The third-order valence-corrected chi connectivity index (χ3v) is 4.35. The van der Waals surface area contributed by atoms with Crippen LogP contribution in [-0.2, 0) is 0 Å². The number of benzene rings is 1. The van der Waals surface area contributed by atoms with Crippen molar-refractivity contribution in [2.24, 2.45) is 0 Å². The SMILES string of the molecule is CNc1cnc(N2CCN(CCO)CC2)c2ccc(C#N)cc12. The molecule has 1 fully saturated rings. The van der Waals surface area contributed by atoms with Gasteiger partial charge in [-0.1, -0.05) is 0 Å². The Morgan fingerprint density at radius 1 is 1.26 bits per heavy atom. The van der Waals surface area contributed by atoms with Crippen LogP contribution < -0.4 is 10.2 Å². The molecule has 0 atom stereocenters. The van der Waals surface area contributed by atoms with E-state index in [9.17, 15) is 0 Å². The van der Waals surface area contributed by atoms with Crippen molar-refractivity contribution in [3.8, 4) is 6.07 Å². The van der Waals surface area contributed by atoms with Crippen molar-refractivity contribution >= 4 is 22.3 Å². The van der Waals surface area contributed by atoms with E-state index in [0.717, 1.165) is 55.0 Å². The van der Waals surface area contributed by atoms with Gasteiger partial charge in [0.15, 0.2) is 0 Å². The number of anilines is 2. The van der Waals surface area contributed by atoms with Crippen LogP contribution >= 0.6 is 0 Å². The molecule has 0 aliphatic carbocycles. The first-order valence-electron chi connectivity index (χ1n) is 7.85. The molecular formula is C17H21N5O. The molecule has 1 aliphatic heterocycles. The summed E-state index contributed by atoms with van der Waals surface area (Å²) in [4.78, 5) is 9.18. The zero-order valence-corrected chi connectivity index (χ0v) is 13.3. The molecule has 1 aromatic heterocycles. The van der Waals surface area contributed by atoms with Crippen molar-refractivity contribution in [1.29, 1.82) is 5.26 Å². The van der Waals surface area contributed by atoms with Crippen LogP contribution in [0.5, 0.6) is 0 Å². The average molecular weight is 311 g/mol. The summed E-state index contributed by atoms with van der Waals surface area (Å²) in [6.45, 7) is 4.56. The van der Waals surface area contributed by atoms with E-state index in [1.165, 1.54) is 0 Å². The maximum absolute atomic E-state index is 9.14. The topological polar surface area (TPSA) is 75.4 Å². The molecule has 0 amide bonds. The number of aliphatic hydroxyl groups is 1.